The van der Waals surface area contributed by atoms with Gasteiger partial charge in [-0.05, 0) is 35.1 Å². The van der Waals surface area contributed by atoms with Gasteiger partial charge >= 0.3 is 12.1 Å². The Bertz CT molecular complexity index is 1230. The van der Waals surface area contributed by atoms with Crippen LogP contribution in [-0.4, -0.2) is 46.0 Å². The molecule has 180 valence electrons. The quantitative estimate of drug-likeness (QED) is 0.458. The molecule has 9 nitrogen and oxygen atoms in total. The van der Waals surface area contributed by atoms with Gasteiger partial charge in [0, 0.05) is 18.7 Å². The smallest absolute Gasteiger partial charge is 0.411 e. The van der Waals surface area contributed by atoms with Crippen LogP contribution < -0.4 is 10.6 Å². The van der Waals surface area contributed by atoms with Crippen molar-refractivity contribution in [2.75, 3.05) is 18.5 Å². The van der Waals surface area contributed by atoms with Crippen LogP contribution in [0.1, 0.15) is 36.3 Å². The van der Waals surface area contributed by atoms with Gasteiger partial charge in [0.15, 0.2) is 0 Å². The fourth-order valence-electron chi connectivity index (χ4n) is 4.81. The number of rotatable bonds is 8. The molecule has 0 aliphatic heterocycles. The molecule has 1 fully saturated rings. The molecule has 0 saturated heterocycles. The van der Waals surface area contributed by atoms with Crippen LogP contribution in [0, 0.1) is 5.41 Å². The number of ether oxygens (including phenoxy) is 1. The molecule has 1 aromatic heterocycles. The van der Waals surface area contributed by atoms with Crippen molar-refractivity contribution in [3.63, 3.8) is 0 Å². The molecule has 9 heteroatoms. The van der Waals surface area contributed by atoms with Crippen molar-refractivity contribution >= 4 is 23.7 Å². The monoisotopic (exact) mass is 474 g/mol. The number of hydrogen-bond acceptors (Lipinski definition) is 5. The highest BCUT2D eigenvalue weighted by Gasteiger charge is 2.44. The van der Waals surface area contributed by atoms with E-state index in [1.54, 1.807) is 0 Å². The first-order valence-corrected chi connectivity index (χ1v) is 11.6. The summed E-state index contributed by atoms with van der Waals surface area (Å²) in [5, 5.41) is 18.8. The van der Waals surface area contributed by atoms with Crippen LogP contribution in [0.3, 0.4) is 0 Å². The second-order valence-corrected chi connectivity index (χ2v) is 9.09. The molecule has 2 aromatic carbocycles. The van der Waals surface area contributed by atoms with E-state index in [0.717, 1.165) is 28.7 Å². The second-order valence-electron chi connectivity index (χ2n) is 9.09. The predicted molar refractivity (Wildman–Crippen MR) is 128 cm³/mol. The summed E-state index contributed by atoms with van der Waals surface area (Å²) in [5.74, 6) is -1.25. The molecule has 2 aliphatic carbocycles. The van der Waals surface area contributed by atoms with Crippen molar-refractivity contribution in [1.29, 1.82) is 0 Å². The molecule has 0 spiro atoms. The average Bonchev–Trinajstić information content (AvgIpc) is 3.38. The molecule has 1 saturated carbocycles. The van der Waals surface area contributed by atoms with Gasteiger partial charge in [-0.25, -0.2) is 4.79 Å². The maximum Gasteiger partial charge on any atom is 0.411 e. The summed E-state index contributed by atoms with van der Waals surface area (Å²) >= 11 is 0. The number of carbonyl (C=O) groups excluding carboxylic acids is 2. The molecule has 1 heterocycles. The van der Waals surface area contributed by atoms with Crippen molar-refractivity contribution in [2.24, 2.45) is 5.41 Å². The standard InChI is InChI=1S/C26H26N4O5/c31-23(27-16-26(24(32)33)10-5-11-26)14-30-13-17(12-28-30)29-25(34)35-15-22-20-8-3-1-6-18(20)19-7-2-4-9-21(19)22/h1-4,6-9,12-13,22H,5,10-11,14-16H2,(H,27,31)(H,29,34)(H,32,33). The van der Waals surface area contributed by atoms with E-state index in [2.05, 4.69) is 40.0 Å². The first-order valence-electron chi connectivity index (χ1n) is 11.6. The van der Waals surface area contributed by atoms with Crippen molar-refractivity contribution in [1.82, 2.24) is 15.1 Å². The van der Waals surface area contributed by atoms with Gasteiger partial charge in [0.1, 0.15) is 13.2 Å². The van der Waals surface area contributed by atoms with E-state index in [-0.39, 0.29) is 31.5 Å². The Morgan fingerprint density at radius 1 is 1.06 bits per heavy atom. The molecule has 3 aromatic rings. The number of aliphatic carboxylic acids is 1. The molecule has 0 radical (unpaired) electrons. The number of amides is 2. The number of anilines is 1. The largest absolute Gasteiger partial charge is 0.481 e. The number of carboxylic acid groups (broad SMARTS) is 1. The van der Waals surface area contributed by atoms with E-state index < -0.39 is 17.5 Å². The third-order valence-electron chi connectivity index (χ3n) is 6.92. The summed E-state index contributed by atoms with van der Waals surface area (Å²) in [6, 6.07) is 16.2. The highest BCUT2D eigenvalue weighted by atomic mass is 16.5. The molecular weight excluding hydrogens is 448 g/mol. The van der Waals surface area contributed by atoms with Gasteiger partial charge in [0.05, 0.1) is 17.3 Å². The number of aromatic nitrogens is 2. The Kier molecular flexibility index (Phi) is 5.98. The molecule has 3 N–H and O–H groups in total. The zero-order valence-electron chi connectivity index (χ0n) is 19.1. The second kappa shape index (κ2) is 9.25. The van der Waals surface area contributed by atoms with Crippen LogP contribution in [0.15, 0.2) is 60.9 Å². The number of benzene rings is 2. The zero-order chi connectivity index (χ0) is 24.4. The van der Waals surface area contributed by atoms with Crippen LogP contribution in [0.25, 0.3) is 11.1 Å². The van der Waals surface area contributed by atoms with Gasteiger partial charge in [-0.2, -0.15) is 5.10 Å². The summed E-state index contributed by atoms with van der Waals surface area (Å²) in [4.78, 5) is 36.1. The summed E-state index contributed by atoms with van der Waals surface area (Å²) in [6.07, 6.45) is 4.34. The van der Waals surface area contributed by atoms with E-state index in [4.69, 9.17) is 4.74 Å². The van der Waals surface area contributed by atoms with E-state index in [1.807, 2.05) is 24.3 Å². The van der Waals surface area contributed by atoms with Crippen LogP contribution in [0.4, 0.5) is 10.5 Å². The Morgan fingerprint density at radius 3 is 2.31 bits per heavy atom. The van der Waals surface area contributed by atoms with Crippen molar-refractivity contribution < 1.29 is 24.2 Å². The molecule has 2 amide bonds. The molecule has 35 heavy (non-hydrogen) atoms. The Labute approximate surface area is 202 Å². The zero-order valence-corrected chi connectivity index (χ0v) is 19.1. The van der Waals surface area contributed by atoms with Gasteiger partial charge in [-0.15, -0.1) is 0 Å². The van der Waals surface area contributed by atoms with Gasteiger partial charge < -0.3 is 15.2 Å². The third-order valence-corrected chi connectivity index (χ3v) is 6.92. The predicted octanol–water partition coefficient (Wildman–Crippen LogP) is 3.62. The lowest BCUT2D eigenvalue weighted by atomic mass is 9.69. The lowest BCUT2D eigenvalue weighted by Crippen LogP contribution is -2.48. The highest BCUT2D eigenvalue weighted by Crippen LogP contribution is 2.44. The fourth-order valence-corrected chi connectivity index (χ4v) is 4.81. The van der Waals surface area contributed by atoms with Gasteiger partial charge in [-0.3, -0.25) is 19.6 Å². The number of nitrogens with zero attached hydrogens (tertiary/aromatic N) is 2. The highest BCUT2D eigenvalue weighted by molar-refractivity contribution is 5.85. The van der Waals surface area contributed by atoms with E-state index in [1.165, 1.54) is 17.1 Å². The van der Waals surface area contributed by atoms with Crippen molar-refractivity contribution in [3.05, 3.63) is 72.1 Å². The normalized spacial score (nSPS) is 15.4. The summed E-state index contributed by atoms with van der Waals surface area (Å²) in [6.45, 7) is 0.219. The molecule has 0 bridgehead atoms. The molecule has 0 atom stereocenters. The minimum absolute atomic E-state index is 0.0377. The summed E-state index contributed by atoms with van der Waals surface area (Å²) in [5.41, 5.74) is 4.12. The molecular formula is C26H26N4O5. The maximum absolute atomic E-state index is 12.4. The first kappa shape index (κ1) is 22.6. The van der Waals surface area contributed by atoms with Crippen LogP contribution >= 0.6 is 0 Å². The Morgan fingerprint density at radius 2 is 1.71 bits per heavy atom. The Hall–Kier alpha value is -4.14. The fraction of sp³-hybridized carbons (Fsp3) is 0.308. The Balaban J connectivity index is 1.13. The summed E-state index contributed by atoms with van der Waals surface area (Å²) in [7, 11) is 0. The van der Waals surface area contributed by atoms with Gasteiger partial charge in [0.2, 0.25) is 5.91 Å². The van der Waals surface area contributed by atoms with Crippen LogP contribution in [0.2, 0.25) is 0 Å². The number of fused-ring (bicyclic) bond motifs is 3. The number of hydrogen-bond donors (Lipinski definition) is 3. The number of carbonyl (C=O) groups is 3. The van der Waals surface area contributed by atoms with Crippen LogP contribution in [-0.2, 0) is 20.9 Å². The average molecular weight is 475 g/mol. The SMILES string of the molecule is O=C(Cn1cc(NC(=O)OCC2c3ccccc3-c3ccccc32)cn1)NCC1(C(=O)O)CCC1. The van der Waals surface area contributed by atoms with Gasteiger partial charge in [-0.1, -0.05) is 55.0 Å². The van der Waals surface area contributed by atoms with Crippen molar-refractivity contribution in [3.8, 4) is 11.1 Å². The molecule has 5 rings (SSSR count). The molecule has 0 unspecified atom stereocenters. The maximum atomic E-state index is 12.4. The van der Waals surface area contributed by atoms with E-state index >= 15 is 0 Å². The molecule has 2 aliphatic rings. The minimum atomic E-state index is -0.877. The van der Waals surface area contributed by atoms with Gasteiger partial charge in [0.25, 0.3) is 0 Å². The number of carboxylic acids is 1. The first-order chi connectivity index (χ1) is 16.9. The minimum Gasteiger partial charge on any atom is -0.481 e. The van der Waals surface area contributed by atoms with Crippen LogP contribution in [0.5, 0.6) is 0 Å². The van der Waals surface area contributed by atoms with E-state index in [9.17, 15) is 19.5 Å². The lowest BCUT2D eigenvalue weighted by molar-refractivity contribution is -0.154. The number of nitrogens with one attached hydrogen (secondary N) is 2. The lowest BCUT2D eigenvalue weighted by Gasteiger charge is -2.37. The topological polar surface area (TPSA) is 123 Å². The van der Waals surface area contributed by atoms with E-state index in [0.29, 0.717) is 18.5 Å². The van der Waals surface area contributed by atoms with Crippen molar-refractivity contribution in [2.45, 2.75) is 31.7 Å². The summed E-state index contributed by atoms with van der Waals surface area (Å²) < 4.78 is 6.91. The third kappa shape index (κ3) is 4.49.